The van der Waals surface area contributed by atoms with E-state index in [4.69, 9.17) is 0 Å². The third kappa shape index (κ3) is 4.11. The van der Waals surface area contributed by atoms with Crippen LogP contribution >= 0.6 is 11.3 Å². The molecule has 0 spiro atoms. The number of nitrogens with zero attached hydrogens (tertiary/aromatic N) is 1. The Morgan fingerprint density at radius 3 is 2.72 bits per heavy atom. The highest BCUT2D eigenvalue weighted by Gasteiger charge is 2.33. The Hall–Kier alpha value is -2.50. The van der Waals surface area contributed by atoms with Crippen LogP contribution in [0.1, 0.15) is 39.4 Å². The number of anilines is 1. The maximum atomic E-state index is 13.4. The predicted octanol–water partition coefficient (Wildman–Crippen LogP) is 5.34. The third-order valence-electron chi connectivity index (χ3n) is 5.54. The van der Waals surface area contributed by atoms with Gasteiger partial charge in [0.2, 0.25) is 5.91 Å². The lowest BCUT2D eigenvalue weighted by molar-refractivity contribution is -0.117. The van der Waals surface area contributed by atoms with Crippen molar-refractivity contribution in [2.45, 2.75) is 32.7 Å². The molecule has 0 saturated carbocycles. The smallest absolute Gasteiger partial charge is 0.238 e. The van der Waals surface area contributed by atoms with Crippen LogP contribution in [0, 0.1) is 12.7 Å². The van der Waals surface area contributed by atoms with Crippen LogP contribution in [0.3, 0.4) is 0 Å². The van der Waals surface area contributed by atoms with Crippen molar-refractivity contribution < 1.29 is 9.18 Å². The first kappa shape index (κ1) is 19.8. The van der Waals surface area contributed by atoms with Gasteiger partial charge in [0.1, 0.15) is 5.82 Å². The fraction of sp³-hybridized carbons (Fsp3) is 0.292. The zero-order valence-corrected chi connectivity index (χ0v) is 17.6. The molecule has 0 unspecified atom stereocenters. The van der Waals surface area contributed by atoms with Gasteiger partial charge in [-0.1, -0.05) is 43.3 Å². The fourth-order valence-corrected chi connectivity index (χ4v) is 5.74. The number of carbonyl (C=O) groups is 1. The van der Waals surface area contributed by atoms with Gasteiger partial charge in [-0.15, -0.1) is 11.3 Å². The van der Waals surface area contributed by atoms with Crippen molar-refractivity contribution >= 4 is 22.9 Å². The van der Waals surface area contributed by atoms with E-state index >= 15 is 0 Å². The highest BCUT2D eigenvalue weighted by atomic mass is 32.1. The molecule has 1 aliphatic heterocycles. The van der Waals surface area contributed by atoms with Gasteiger partial charge in [0.25, 0.3) is 0 Å². The number of thiophene rings is 1. The average Bonchev–Trinajstić information content (AvgIpc) is 3.03. The first-order valence-electron chi connectivity index (χ1n) is 10.0. The Labute approximate surface area is 175 Å². The van der Waals surface area contributed by atoms with Crippen LogP contribution in [0.25, 0.3) is 0 Å². The first-order valence-corrected chi connectivity index (χ1v) is 10.8. The molecule has 0 bridgehead atoms. The summed E-state index contributed by atoms with van der Waals surface area (Å²) in [5.41, 5.74) is 4.63. The number of nitrogens with one attached hydrogen (secondary N) is 1. The van der Waals surface area contributed by atoms with Gasteiger partial charge in [-0.2, -0.15) is 0 Å². The van der Waals surface area contributed by atoms with E-state index < -0.39 is 0 Å². The van der Waals surface area contributed by atoms with E-state index in [2.05, 4.69) is 48.3 Å². The number of amides is 1. The summed E-state index contributed by atoms with van der Waals surface area (Å²) in [6.45, 7) is 5.51. The number of aryl methyl sites for hydroxylation is 1. The molecule has 2 heterocycles. The second-order valence-electron chi connectivity index (χ2n) is 7.43. The lowest BCUT2D eigenvalue weighted by Crippen LogP contribution is -2.40. The van der Waals surface area contributed by atoms with Crippen LogP contribution in [0.15, 0.2) is 54.6 Å². The molecule has 4 rings (SSSR count). The van der Waals surface area contributed by atoms with Crippen LogP contribution in [-0.2, 0) is 17.6 Å². The minimum absolute atomic E-state index is 0.0715. The molecule has 0 saturated heterocycles. The minimum Gasteiger partial charge on any atom is -0.325 e. The van der Waals surface area contributed by atoms with Gasteiger partial charge < -0.3 is 5.32 Å². The maximum Gasteiger partial charge on any atom is 0.238 e. The number of hydrogen-bond acceptors (Lipinski definition) is 3. The van der Waals surface area contributed by atoms with Gasteiger partial charge in [-0.05, 0) is 54.7 Å². The van der Waals surface area contributed by atoms with E-state index in [-0.39, 0.29) is 24.3 Å². The summed E-state index contributed by atoms with van der Waals surface area (Å²) in [6, 6.07) is 16.5. The molecule has 1 atom stereocenters. The zero-order valence-electron chi connectivity index (χ0n) is 16.7. The quantitative estimate of drug-likeness (QED) is 0.618. The summed E-state index contributed by atoms with van der Waals surface area (Å²) < 4.78 is 13.4. The van der Waals surface area contributed by atoms with E-state index in [1.807, 2.05) is 17.4 Å². The Bertz CT molecular complexity index is 1010. The Morgan fingerprint density at radius 1 is 1.21 bits per heavy atom. The van der Waals surface area contributed by atoms with Crippen molar-refractivity contribution in [3.05, 3.63) is 86.9 Å². The van der Waals surface area contributed by atoms with Crippen LogP contribution in [0.4, 0.5) is 10.1 Å². The molecule has 150 valence electrons. The van der Waals surface area contributed by atoms with Crippen LogP contribution in [0.2, 0.25) is 0 Å². The second-order valence-corrected chi connectivity index (χ2v) is 8.68. The van der Waals surface area contributed by atoms with Crippen molar-refractivity contribution in [1.29, 1.82) is 0 Å². The summed E-state index contributed by atoms with van der Waals surface area (Å²) in [7, 11) is 0. The average molecular weight is 409 g/mol. The topological polar surface area (TPSA) is 32.3 Å². The van der Waals surface area contributed by atoms with Gasteiger partial charge in [0, 0.05) is 22.0 Å². The first-order chi connectivity index (χ1) is 14.1. The highest BCUT2D eigenvalue weighted by Crippen LogP contribution is 2.42. The molecule has 1 aromatic heterocycles. The molecular formula is C24H25FN2OS. The molecule has 1 amide bonds. The Balaban J connectivity index is 1.62. The van der Waals surface area contributed by atoms with E-state index in [1.54, 1.807) is 12.1 Å². The molecule has 29 heavy (non-hydrogen) atoms. The molecule has 2 aromatic carbocycles. The summed E-state index contributed by atoms with van der Waals surface area (Å²) in [5.74, 6) is -0.474. The van der Waals surface area contributed by atoms with E-state index in [0.29, 0.717) is 5.69 Å². The van der Waals surface area contributed by atoms with Gasteiger partial charge in [0.15, 0.2) is 0 Å². The van der Waals surface area contributed by atoms with Crippen LogP contribution in [0.5, 0.6) is 0 Å². The molecule has 1 N–H and O–H groups in total. The Morgan fingerprint density at radius 2 is 2.00 bits per heavy atom. The number of benzene rings is 2. The molecule has 3 nitrogen and oxygen atoms in total. The largest absolute Gasteiger partial charge is 0.325 e. The lowest BCUT2D eigenvalue weighted by Gasteiger charge is -2.36. The van der Waals surface area contributed by atoms with Gasteiger partial charge in [0.05, 0.1) is 12.6 Å². The standard InChI is InChI=1S/C24H25FN2OS/c1-3-20-16(2)29-24-21(20)12-13-27(23(24)17-8-5-4-6-9-17)15-22(28)26-19-11-7-10-18(25)14-19/h4-11,14,23H,3,12-13,15H2,1-2H3,(H,26,28)/t23-/m1/s1. The summed E-state index contributed by atoms with van der Waals surface area (Å²) in [5, 5.41) is 2.84. The maximum absolute atomic E-state index is 13.4. The third-order valence-corrected chi connectivity index (χ3v) is 6.78. The molecule has 3 aromatic rings. The van der Waals surface area contributed by atoms with Crippen LogP contribution in [-0.4, -0.2) is 23.9 Å². The molecule has 0 aliphatic carbocycles. The van der Waals surface area contributed by atoms with Crippen molar-refractivity contribution in [3.63, 3.8) is 0 Å². The minimum atomic E-state index is -0.353. The number of carbonyl (C=O) groups excluding carboxylic acids is 1. The molecule has 0 radical (unpaired) electrons. The predicted molar refractivity (Wildman–Crippen MR) is 117 cm³/mol. The lowest BCUT2D eigenvalue weighted by atomic mass is 9.91. The SMILES string of the molecule is CCc1c(C)sc2c1CCN(CC(=O)Nc1cccc(F)c1)[C@@H]2c1ccccc1. The van der Waals surface area contributed by atoms with Gasteiger partial charge in [-0.25, -0.2) is 4.39 Å². The number of rotatable bonds is 5. The monoisotopic (exact) mass is 408 g/mol. The van der Waals surface area contributed by atoms with Crippen molar-refractivity contribution in [2.75, 3.05) is 18.4 Å². The van der Waals surface area contributed by atoms with E-state index in [9.17, 15) is 9.18 Å². The second kappa shape index (κ2) is 8.47. The van der Waals surface area contributed by atoms with Gasteiger partial charge >= 0.3 is 0 Å². The van der Waals surface area contributed by atoms with E-state index in [1.165, 1.54) is 38.6 Å². The van der Waals surface area contributed by atoms with E-state index in [0.717, 1.165) is 19.4 Å². The highest BCUT2D eigenvalue weighted by molar-refractivity contribution is 7.12. The summed E-state index contributed by atoms with van der Waals surface area (Å²) in [6.07, 6.45) is 2.00. The molecule has 5 heteroatoms. The van der Waals surface area contributed by atoms with Crippen molar-refractivity contribution in [2.24, 2.45) is 0 Å². The summed E-state index contributed by atoms with van der Waals surface area (Å²) >= 11 is 1.86. The number of halogens is 1. The van der Waals surface area contributed by atoms with Crippen molar-refractivity contribution in [3.8, 4) is 0 Å². The number of fused-ring (bicyclic) bond motifs is 1. The molecule has 0 fully saturated rings. The van der Waals surface area contributed by atoms with Crippen molar-refractivity contribution in [1.82, 2.24) is 4.90 Å². The Kier molecular flexibility index (Phi) is 5.79. The normalized spacial score (nSPS) is 16.4. The van der Waals surface area contributed by atoms with Gasteiger partial charge in [-0.3, -0.25) is 9.69 Å². The van der Waals surface area contributed by atoms with Crippen LogP contribution < -0.4 is 5.32 Å². The molecular weight excluding hydrogens is 383 g/mol. The fourth-order valence-electron chi connectivity index (χ4n) is 4.28. The molecule has 1 aliphatic rings. The summed E-state index contributed by atoms with van der Waals surface area (Å²) in [4.78, 5) is 17.7. The number of hydrogen-bond donors (Lipinski definition) is 1. The zero-order chi connectivity index (χ0) is 20.4.